The Morgan fingerprint density at radius 3 is 1.65 bits per heavy atom. The number of carbonyl (C=O) groups is 2. The maximum absolute atomic E-state index is 13.5. The highest BCUT2D eigenvalue weighted by molar-refractivity contribution is 5.81. The van der Waals surface area contributed by atoms with Gasteiger partial charge in [-0.2, -0.15) is 0 Å². The summed E-state index contributed by atoms with van der Waals surface area (Å²) in [4.78, 5) is 28.6. The van der Waals surface area contributed by atoms with E-state index in [9.17, 15) is 9.59 Å². The van der Waals surface area contributed by atoms with E-state index in [1.165, 1.54) is 51.4 Å². The van der Waals surface area contributed by atoms with E-state index in [-0.39, 0.29) is 18.0 Å². The molecule has 6 nitrogen and oxygen atoms in total. The third-order valence-electron chi connectivity index (χ3n) is 10.8. The molecule has 49 heavy (non-hydrogen) atoms. The molecule has 0 rings (SSSR count). The molecule has 0 aliphatic rings. The number of hydrogen-bond donors (Lipinski definition) is 1. The predicted octanol–water partition coefficient (Wildman–Crippen LogP) is 11.0. The number of ether oxygens (including phenoxy) is 2. The Labute approximate surface area is 305 Å². The fourth-order valence-electron chi connectivity index (χ4n) is 7.06. The molecular weight excluding hydrogens is 608 g/mol. The van der Waals surface area contributed by atoms with Crippen molar-refractivity contribution < 1.29 is 19.1 Å². The number of carbonyl (C=O) groups excluding carboxylic acids is 2. The molecule has 290 valence electrons. The van der Waals surface area contributed by atoms with Crippen LogP contribution in [0.2, 0.25) is 0 Å². The van der Waals surface area contributed by atoms with Crippen LogP contribution in [0.5, 0.6) is 0 Å². The molecule has 0 aliphatic carbocycles. The van der Waals surface area contributed by atoms with E-state index in [0.717, 1.165) is 50.0 Å². The Bertz CT molecular complexity index is 921. The van der Waals surface area contributed by atoms with Gasteiger partial charge >= 0.3 is 11.9 Å². The standard InChI is InChI=1S/C43H84N2O4/c1-33(2)20-15-21-35(5)22-16-23-36(6)24-17-25-37(7)27-28-38(49-39(46)26-18-30-45(13)14)42(10,11)43(12,44)40(47)48-31-19-29-41(8,9)32-34(3)4/h19,29,33-38H,15-18,20-28,30-32,44H2,1-14H3/b29-19-. The molecular formula is C43H84N2O4. The van der Waals surface area contributed by atoms with E-state index in [1.807, 2.05) is 34.0 Å². The molecule has 0 radical (unpaired) electrons. The summed E-state index contributed by atoms with van der Waals surface area (Å²) in [5.41, 5.74) is 4.66. The van der Waals surface area contributed by atoms with Crippen LogP contribution in [0.25, 0.3) is 0 Å². The molecule has 0 spiro atoms. The first kappa shape index (κ1) is 47.6. The Balaban J connectivity index is 5.22. The van der Waals surface area contributed by atoms with E-state index in [4.69, 9.17) is 15.2 Å². The third kappa shape index (κ3) is 21.5. The van der Waals surface area contributed by atoms with Crippen molar-refractivity contribution in [3.63, 3.8) is 0 Å². The summed E-state index contributed by atoms with van der Waals surface area (Å²) in [6, 6.07) is 0. The highest BCUT2D eigenvalue weighted by Crippen LogP contribution is 2.39. The molecule has 0 bridgehead atoms. The van der Waals surface area contributed by atoms with Gasteiger partial charge in [0.1, 0.15) is 18.2 Å². The van der Waals surface area contributed by atoms with Gasteiger partial charge in [-0.25, -0.2) is 0 Å². The molecule has 0 saturated carbocycles. The first-order chi connectivity index (χ1) is 22.6. The van der Waals surface area contributed by atoms with Crippen LogP contribution >= 0.6 is 0 Å². The van der Waals surface area contributed by atoms with Crippen LogP contribution in [0.3, 0.4) is 0 Å². The van der Waals surface area contributed by atoms with Crippen LogP contribution in [0.4, 0.5) is 0 Å². The average Bonchev–Trinajstić information content (AvgIpc) is 2.96. The number of esters is 2. The lowest BCUT2D eigenvalue weighted by Gasteiger charge is -2.44. The molecule has 6 heteroatoms. The van der Waals surface area contributed by atoms with E-state index >= 15 is 0 Å². The van der Waals surface area contributed by atoms with Crippen molar-refractivity contribution in [2.75, 3.05) is 27.2 Å². The van der Waals surface area contributed by atoms with E-state index in [1.54, 1.807) is 6.92 Å². The summed E-state index contributed by atoms with van der Waals surface area (Å²) in [7, 11) is 4.00. The molecule has 0 saturated heterocycles. The fourth-order valence-corrected chi connectivity index (χ4v) is 7.06. The van der Waals surface area contributed by atoms with Gasteiger partial charge in [-0.3, -0.25) is 9.59 Å². The van der Waals surface area contributed by atoms with Crippen molar-refractivity contribution in [3.8, 4) is 0 Å². The van der Waals surface area contributed by atoms with Crippen molar-refractivity contribution in [1.82, 2.24) is 4.90 Å². The quantitative estimate of drug-likeness (QED) is 0.0649. The monoisotopic (exact) mass is 693 g/mol. The summed E-state index contributed by atoms with van der Waals surface area (Å²) in [6.07, 6.45) is 19.0. The number of nitrogens with zero attached hydrogens (tertiary/aromatic N) is 1. The third-order valence-corrected chi connectivity index (χ3v) is 10.8. The van der Waals surface area contributed by atoms with E-state index in [2.05, 4.69) is 73.3 Å². The van der Waals surface area contributed by atoms with Gasteiger partial charge in [-0.05, 0) is 88.3 Å². The van der Waals surface area contributed by atoms with Gasteiger partial charge in [0.2, 0.25) is 0 Å². The minimum atomic E-state index is -1.34. The first-order valence-electron chi connectivity index (χ1n) is 20.1. The maximum atomic E-state index is 13.5. The second kappa shape index (κ2) is 24.0. The molecule has 2 N–H and O–H groups in total. The maximum Gasteiger partial charge on any atom is 0.326 e. The minimum Gasteiger partial charge on any atom is -0.462 e. The minimum absolute atomic E-state index is 0.0256. The zero-order chi connectivity index (χ0) is 37.8. The van der Waals surface area contributed by atoms with Crippen LogP contribution in [0.15, 0.2) is 12.2 Å². The largest absolute Gasteiger partial charge is 0.462 e. The smallest absolute Gasteiger partial charge is 0.326 e. The summed E-state index contributed by atoms with van der Waals surface area (Å²) >= 11 is 0. The predicted molar refractivity (Wildman–Crippen MR) is 210 cm³/mol. The van der Waals surface area contributed by atoms with Crippen molar-refractivity contribution in [3.05, 3.63) is 12.2 Å². The average molecular weight is 693 g/mol. The number of hydrogen-bond acceptors (Lipinski definition) is 6. The van der Waals surface area contributed by atoms with Gasteiger partial charge in [-0.15, -0.1) is 0 Å². The van der Waals surface area contributed by atoms with Gasteiger partial charge < -0.3 is 20.1 Å². The van der Waals surface area contributed by atoms with Crippen LogP contribution in [0, 0.1) is 40.4 Å². The van der Waals surface area contributed by atoms with E-state index < -0.39 is 23.0 Å². The highest BCUT2D eigenvalue weighted by atomic mass is 16.5. The summed E-state index contributed by atoms with van der Waals surface area (Å²) in [5, 5.41) is 0. The normalized spacial score (nSPS) is 16.6. The highest BCUT2D eigenvalue weighted by Gasteiger charge is 2.51. The van der Waals surface area contributed by atoms with E-state index in [0.29, 0.717) is 24.7 Å². The van der Waals surface area contributed by atoms with Gasteiger partial charge in [0, 0.05) is 11.8 Å². The Morgan fingerprint density at radius 2 is 1.18 bits per heavy atom. The Hall–Kier alpha value is -1.40. The molecule has 0 fully saturated rings. The van der Waals surface area contributed by atoms with Crippen molar-refractivity contribution >= 4 is 11.9 Å². The lowest BCUT2D eigenvalue weighted by atomic mass is 9.68. The molecule has 0 aliphatic heterocycles. The lowest BCUT2D eigenvalue weighted by Crippen LogP contribution is -2.62. The van der Waals surface area contributed by atoms with Crippen molar-refractivity contribution in [2.45, 2.75) is 185 Å². The fraction of sp³-hybridized carbons (Fsp3) is 0.907. The van der Waals surface area contributed by atoms with Crippen LogP contribution < -0.4 is 5.73 Å². The van der Waals surface area contributed by atoms with Crippen LogP contribution in [0.1, 0.15) is 173 Å². The topological polar surface area (TPSA) is 81.9 Å². The molecule has 0 amide bonds. The summed E-state index contributed by atoms with van der Waals surface area (Å²) in [6.45, 7) is 27.2. The lowest BCUT2D eigenvalue weighted by molar-refractivity contribution is -0.169. The van der Waals surface area contributed by atoms with Gasteiger partial charge in [0.05, 0.1) is 0 Å². The summed E-state index contributed by atoms with van der Waals surface area (Å²) in [5.74, 6) is 2.79. The van der Waals surface area contributed by atoms with Crippen molar-refractivity contribution in [2.24, 2.45) is 46.2 Å². The van der Waals surface area contributed by atoms with Crippen LogP contribution in [-0.2, 0) is 19.1 Å². The molecule has 5 unspecified atom stereocenters. The van der Waals surface area contributed by atoms with Gasteiger partial charge in [0.15, 0.2) is 0 Å². The first-order valence-corrected chi connectivity index (χ1v) is 20.1. The molecule has 0 aromatic rings. The van der Waals surface area contributed by atoms with Crippen molar-refractivity contribution in [1.29, 1.82) is 0 Å². The van der Waals surface area contributed by atoms with Crippen LogP contribution in [-0.4, -0.2) is 55.7 Å². The van der Waals surface area contributed by atoms with Gasteiger partial charge in [-0.1, -0.05) is 146 Å². The second-order valence-corrected chi connectivity index (χ2v) is 18.5. The Kier molecular flexibility index (Phi) is 23.3. The molecule has 0 aromatic carbocycles. The SMILES string of the molecule is CC(C)CCCC(C)CCCC(C)CCCC(C)CCC(OC(=O)CCCN(C)C)C(C)(C)C(C)(N)C(=O)OC/C=C\C(C)(C)CC(C)C. The molecule has 0 heterocycles. The van der Waals surface area contributed by atoms with Gasteiger partial charge in [0.25, 0.3) is 0 Å². The molecule has 0 aromatic heterocycles. The number of rotatable bonds is 28. The molecule has 5 atom stereocenters. The zero-order valence-electron chi connectivity index (χ0n) is 35.1. The number of allylic oxidation sites excluding steroid dienone is 1. The summed E-state index contributed by atoms with van der Waals surface area (Å²) < 4.78 is 11.9. The second-order valence-electron chi connectivity index (χ2n) is 18.5. The zero-order valence-corrected chi connectivity index (χ0v) is 35.1. The number of nitrogens with two attached hydrogens (primary N) is 1. The Morgan fingerprint density at radius 1 is 0.694 bits per heavy atom.